The summed E-state index contributed by atoms with van der Waals surface area (Å²) in [5.41, 5.74) is 0.232. The molecule has 0 bridgehead atoms. The van der Waals surface area contributed by atoms with Crippen LogP contribution in [-0.4, -0.2) is 38.7 Å². The zero-order valence-electron chi connectivity index (χ0n) is 14.5. The zero-order valence-corrected chi connectivity index (χ0v) is 14.5. The number of nitrogens with one attached hydrogen (secondary N) is 1. The third-order valence-electron chi connectivity index (χ3n) is 4.42. The molecule has 0 unspecified atom stereocenters. The van der Waals surface area contributed by atoms with Gasteiger partial charge in [0, 0.05) is 6.04 Å². The first-order chi connectivity index (χ1) is 11.6. The smallest absolute Gasteiger partial charge is 0.342 e. The fraction of sp³-hybridized carbons (Fsp3) is 0.556. The topological polar surface area (TPSA) is 73.9 Å². The highest BCUT2D eigenvalue weighted by atomic mass is 16.5. The van der Waals surface area contributed by atoms with Crippen LogP contribution in [0.25, 0.3) is 0 Å². The standard InChI is InChI=1S/C18H25NO5/c1-12-7-4-5-9-14(12)19-16(20)11-24-18(21)13-8-6-10-15(22-2)17(13)23-3/h6,8,10,12,14H,4-5,7,9,11H2,1-3H3,(H,19,20)/t12-,14-/m1/s1. The van der Waals surface area contributed by atoms with Gasteiger partial charge in [0.1, 0.15) is 5.56 Å². The molecule has 24 heavy (non-hydrogen) atoms. The Kier molecular flexibility index (Phi) is 6.46. The number of rotatable bonds is 6. The molecule has 1 N–H and O–H groups in total. The molecule has 2 atom stereocenters. The highest BCUT2D eigenvalue weighted by molar-refractivity contribution is 5.95. The minimum absolute atomic E-state index is 0.163. The second kappa shape index (κ2) is 8.57. The van der Waals surface area contributed by atoms with Crippen molar-refractivity contribution < 1.29 is 23.8 Å². The lowest BCUT2D eigenvalue weighted by Gasteiger charge is -2.29. The van der Waals surface area contributed by atoms with Gasteiger partial charge in [-0.15, -0.1) is 0 Å². The quantitative estimate of drug-likeness (QED) is 0.809. The molecule has 0 spiro atoms. The van der Waals surface area contributed by atoms with E-state index in [2.05, 4.69) is 12.2 Å². The minimum Gasteiger partial charge on any atom is -0.493 e. The van der Waals surface area contributed by atoms with Crippen LogP contribution in [0.3, 0.4) is 0 Å². The lowest BCUT2D eigenvalue weighted by molar-refractivity contribution is -0.125. The van der Waals surface area contributed by atoms with Gasteiger partial charge >= 0.3 is 5.97 Å². The molecule has 6 nitrogen and oxygen atoms in total. The SMILES string of the molecule is COc1cccc(C(=O)OCC(=O)N[C@@H]2CCCC[C@H]2C)c1OC. The van der Waals surface area contributed by atoms with Gasteiger partial charge in [-0.05, 0) is 30.9 Å². The number of carbonyl (C=O) groups excluding carboxylic acids is 2. The third-order valence-corrected chi connectivity index (χ3v) is 4.42. The maximum Gasteiger partial charge on any atom is 0.342 e. The molecule has 1 aliphatic rings. The first kappa shape index (κ1) is 18.1. The number of methoxy groups -OCH3 is 2. The summed E-state index contributed by atoms with van der Waals surface area (Å²) in [5.74, 6) is 0.303. The summed E-state index contributed by atoms with van der Waals surface area (Å²) < 4.78 is 15.5. The van der Waals surface area contributed by atoms with Gasteiger partial charge < -0.3 is 19.5 Å². The van der Waals surface area contributed by atoms with Gasteiger partial charge in [0.2, 0.25) is 0 Å². The van der Waals surface area contributed by atoms with Crippen molar-refractivity contribution in [1.82, 2.24) is 5.32 Å². The van der Waals surface area contributed by atoms with E-state index in [1.807, 2.05) is 0 Å². The number of esters is 1. The Morgan fingerprint density at radius 1 is 1.17 bits per heavy atom. The average Bonchev–Trinajstić information content (AvgIpc) is 2.60. The normalized spacial score (nSPS) is 20.1. The Bertz CT molecular complexity index is 587. The van der Waals surface area contributed by atoms with Gasteiger partial charge in [-0.3, -0.25) is 4.79 Å². The van der Waals surface area contributed by atoms with E-state index in [0.717, 1.165) is 19.3 Å². The summed E-state index contributed by atoms with van der Waals surface area (Å²) in [6.07, 6.45) is 4.42. The van der Waals surface area contributed by atoms with Crippen molar-refractivity contribution in [2.75, 3.05) is 20.8 Å². The van der Waals surface area contributed by atoms with Crippen LogP contribution in [0.4, 0.5) is 0 Å². The van der Waals surface area contributed by atoms with Crippen LogP contribution in [0, 0.1) is 5.92 Å². The van der Waals surface area contributed by atoms with Crippen LogP contribution >= 0.6 is 0 Å². The molecule has 1 aromatic rings. The number of hydrogen-bond donors (Lipinski definition) is 1. The lowest BCUT2D eigenvalue weighted by atomic mass is 9.86. The van der Waals surface area contributed by atoms with Crippen LogP contribution in [0.2, 0.25) is 0 Å². The van der Waals surface area contributed by atoms with Crippen LogP contribution in [0.1, 0.15) is 43.0 Å². The number of benzene rings is 1. The van der Waals surface area contributed by atoms with Crippen molar-refractivity contribution in [1.29, 1.82) is 0 Å². The molecule has 0 aliphatic heterocycles. The molecule has 1 aliphatic carbocycles. The van der Waals surface area contributed by atoms with Crippen LogP contribution in [0.5, 0.6) is 11.5 Å². The highest BCUT2D eigenvalue weighted by Gasteiger charge is 2.24. The fourth-order valence-corrected chi connectivity index (χ4v) is 3.04. The Morgan fingerprint density at radius 3 is 2.58 bits per heavy atom. The molecule has 1 aromatic carbocycles. The number of carbonyl (C=O) groups is 2. The van der Waals surface area contributed by atoms with E-state index in [1.165, 1.54) is 20.6 Å². The van der Waals surface area contributed by atoms with Crippen molar-refractivity contribution in [3.8, 4) is 11.5 Å². The van der Waals surface area contributed by atoms with Crippen molar-refractivity contribution in [3.05, 3.63) is 23.8 Å². The Balaban J connectivity index is 1.92. The number of para-hydroxylation sites is 1. The summed E-state index contributed by atoms with van der Waals surface area (Å²) in [5, 5.41) is 2.95. The zero-order chi connectivity index (χ0) is 17.5. The number of ether oxygens (including phenoxy) is 3. The minimum atomic E-state index is -0.613. The molecule has 0 aromatic heterocycles. The van der Waals surface area contributed by atoms with Crippen molar-refractivity contribution in [2.24, 2.45) is 5.92 Å². The molecule has 0 radical (unpaired) electrons. The van der Waals surface area contributed by atoms with E-state index in [1.54, 1.807) is 18.2 Å². The van der Waals surface area contributed by atoms with E-state index < -0.39 is 5.97 Å². The van der Waals surface area contributed by atoms with Crippen molar-refractivity contribution in [3.63, 3.8) is 0 Å². The summed E-state index contributed by atoms with van der Waals surface area (Å²) in [4.78, 5) is 24.2. The van der Waals surface area contributed by atoms with Gasteiger partial charge in [0.15, 0.2) is 18.1 Å². The molecule has 1 fully saturated rings. The maximum absolute atomic E-state index is 12.2. The Morgan fingerprint density at radius 2 is 1.92 bits per heavy atom. The molecule has 132 valence electrons. The van der Waals surface area contributed by atoms with Crippen LogP contribution < -0.4 is 14.8 Å². The van der Waals surface area contributed by atoms with E-state index in [0.29, 0.717) is 17.4 Å². The van der Waals surface area contributed by atoms with E-state index >= 15 is 0 Å². The maximum atomic E-state index is 12.2. The van der Waals surface area contributed by atoms with E-state index in [-0.39, 0.29) is 24.1 Å². The second-order valence-corrected chi connectivity index (χ2v) is 6.05. The monoisotopic (exact) mass is 335 g/mol. The Labute approximate surface area is 142 Å². The van der Waals surface area contributed by atoms with Gasteiger partial charge in [-0.25, -0.2) is 4.79 Å². The molecule has 0 saturated heterocycles. The van der Waals surface area contributed by atoms with Gasteiger partial charge in [-0.2, -0.15) is 0 Å². The molecule has 1 saturated carbocycles. The number of hydrogen-bond acceptors (Lipinski definition) is 5. The van der Waals surface area contributed by atoms with Gasteiger partial charge in [-0.1, -0.05) is 25.8 Å². The third kappa shape index (κ3) is 4.40. The molecule has 1 amide bonds. The average molecular weight is 335 g/mol. The van der Waals surface area contributed by atoms with Crippen LogP contribution in [-0.2, 0) is 9.53 Å². The molecular weight excluding hydrogens is 310 g/mol. The van der Waals surface area contributed by atoms with E-state index in [4.69, 9.17) is 14.2 Å². The molecule has 2 rings (SSSR count). The van der Waals surface area contributed by atoms with Crippen LogP contribution in [0.15, 0.2) is 18.2 Å². The van der Waals surface area contributed by atoms with E-state index in [9.17, 15) is 9.59 Å². The molecule has 6 heteroatoms. The summed E-state index contributed by atoms with van der Waals surface area (Å²) in [6.45, 7) is 1.83. The number of amides is 1. The Hall–Kier alpha value is -2.24. The van der Waals surface area contributed by atoms with Gasteiger partial charge in [0.05, 0.1) is 14.2 Å². The van der Waals surface area contributed by atoms with Crippen molar-refractivity contribution >= 4 is 11.9 Å². The van der Waals surface area contributed by atoms with Crippen molar-refractivity contribution in [2.45, 2.75) is 38.6 Å². The van der Waals surface area contributed by atoms with Gasteiger partial charge in [0.25, 0.3) is 5.91 Å². The molecule has 0 heterocycles. The summed E-state index contributed by atoms with van der Waals surface area (Å²) in [7, 11) is 2.94. The summed E-state index contributed by atoms with van der Waals surface area (Å²) >= 11 is 0. The largest absolute Gasteiger partial charge is 0.493 e. The lowest BCUT2D eigenvalue weighted by Crippen LogP contribution is -2.42. The first-order valence-corrected chi connectivity index (χ1v) is 8.24. The fourth-order valence-electron chi connectivity index (χ4n) is 3.04. The molecular formula is C18H25NO5. The predicted octanol–water partition coefficient (Wildman–Crippen LogP) is 2.56. The predicted molar refractivity (Wildman–Crippen MR) is 89.4 cm³/mol. The highest BCUT2D eigenvalue weighted by Crippen LogP contribution is 2.31. The second-order valence-electron chi connectivity index (χ2n) is 6.05. The summed E-state index contributed by atoms with van der Waals surface area (Å²) in [6, 6.07) is 5.09. The first-order valence-electron chi connectivity index (χ1n) is 8.24.